The fourth-order valence-electron chi connectivity index (χ4n) is 5.08. The summed E-state index contributed by atoms with van der Waals surface area (Å²) in [5.41, 5.74) is 0.909. The van der Waals surface area contributed by atoms with Gasteiger partial charge in [-0.1, -0.05) is 42.5 Å². The first-order valence-corrected chi connectivity index (χ1v) is 14.4. The highest BCUT2D eigenvalue weighted by molar-refractivity contribution is 5.99. The van der Waals surface area contributed by atoms with Crippen molar-refractivity contribution in [2.75, 3.05) is 42.9 Å². The minimum atomic E-state index is -4.83. The summed E-state index contributed by atoms with van der Waals surface area (Å²) in [6.07, 6.45) is -3.11. The molecule has 0 atom stereocenters. The SMILES string of the molecule is COc1cc(-c2cc(C(F)(F)F)cc(N(C)CC(=O)Nc3cccc(-c4ccccc4)c3)c2N(C)C=O)cc(F)c1OCc1nnc[nH]1. The van der Waals surface area contributed by atoms with Gasteiger partial charge in [-0.05, 0) is 53.1 Å². The number of nitrogens with zero attached hydrogens (tertiary/aromatic N) is 4. The molecule has 0 spiro atoms. The zero-order valence-corrected chi connectivity index (χ0v) is 26.0. The summed E-state index contributed by atoms with van der Waals surface area (Å²) in [7, 11) is 4.01. The van der Waals surface area contributed by atoms with Crippen LogP contribution >= 0.6 is 0 Å². The highest BCUT2D eigenvalue weighted by atomic mass is 19.4. The molecule has 1 heterocycles. The third-order valence-electron chi connectivity index (χ3n) is 7.33. The number of likely N-dealkylation sites (N-methyl/N-ethyl adjacent to an activating group) is 1. The first-order valence-electron chi connectivity index (χ1n) is 14.4. The average molecular weight is 663 g/mol. The molecule has 0 aliphatic heterocycles. The predicted octanol–water partition coefficient (Wildman–Crippen LogP) is 6.55. The highest BCUT2D eigenvalue weighted by Crippen LogP contribution is 2.46. The summed E-state index contributed by atoms with van der Waals surface area (Å²) in [6.45, 7) is -0.578. The molecule has 2 amide bonds. The molecule has 5 rings (SSSR count). The van der Waals surface area contributed by atoms with E-state index >= 15 is 4.39 Å². The minimum Gasteiger partial charge on any atom is -0.493 e. The van der Waals surface area contributed by atoms with Gasteiger partial charge in [0.15, 0.2) is 23.1 Å². The first-order chi connectivity index (χ1) is 23.0. The highest BCUT2D eigenvalue weighted by Gasteiger charge is 2.34. The second-order valence-electron chi connectivity index (χ2n) is 10.7. The Kier molecular flexibility index (Phi) is 9.92. The zero-order chi connectivity index (χ0) is 34.4. The molecule has 0 saturated carbocycles. The Hall–Kier alpha value is -5.92. The van der Waals surface area contributed by atoms with E-state index in [-0.39, 0.29) is 47.2 Å². The number of aromatic amines is 1. The maximum Gasteiger partial charge on any atom is 0.416 e. The van der Waals surface area contributed by atoms with Crippen LogP contribution in [0.2, 0.25) is 0 Å². The minimum absolute atomic E-state index is 0.00356. The number of hydrogen-bond acceptors (Lipinski definition) is 7. The summed E-state index contributed by atoms with van der Waals surface area (Å²) < 4.78 is 69.2. The molecule has 2 N–H and O–H groups in total. The van der Waals surface area contributed by atoms with E-state index < -0.39 is 23.5 Å². The fraction of sp³-hybridized carbons (Fsp3) is 0.176. The molecule has 248 valence electrons. The van der Waals surface area contributed by atoms with Crippen LogP contribution in [0.5, 0.6) is 11.5 Å². The van der Waals surface area contributed by atoms with E-state index in [2.05, 4.69) is 20.5 Å². The second kappa shape index (κ2) is 14.2. The summed E-state index contributed by atoms with van der Waals surface area (Å²) in [5.74, 6) is -1.59. The number of methoxy groups -OCH3 is 1. The maximum atomic E-state index is 15.5. The molecule has 0 radical (unpaired) electrons. The molecule has 0 saturated heterocycles. The number of carbonyl (C=O) groups excluding carboxylic acids is 2. The largest absolute Gasteiger partial charge is 0.493 e. The number of alkyl halides is 3. The van der Waals surface area contributed by atoms with Crippen LogP contribution < -0.4 is 24.6 Å². The number of aromatic nitrogens is 3. The Bertz CT molecular complexity index is 1900. The Morgan fingerprint density at radius 3 is 2.40 bits per heavy atom. The third-order valence-corrected chi connectivity index (χ3v) is 7.33. The predicted molar refractivity (Wildman–Crippen MR) is 172 cm³/mol. The molecule has 14 heteroatoms. The summed E-state index contributed by atoms with van der Waals surface area (Å²) >= 11 is 0. The summed E-state index contributed by atoms with van der Waals surface area (Å²) in [4.78, 5) is 30.3. The van der Waals surface area contributed by atoms with Crippen LogP contribution in [0.15, 0.2) is 85.2 Å². The van der Waals surface area contributed by atoms with Crippen molar-refractivity contribution in [2.45, 2.75) is 12.8 Å². The van der Waals surface area contributed by atoms with Crippen molar-refractivity contribution >= 4 is 29.4 Å². The van der Waals surface area contributed by atoms with Gasteiger partial charge in [-0.2, -0.15) is 13.2 Å². The summed E-state index contributed by atoms with van der Waals surface area (Å²) in [5, 5.41) is 10.2. The quantitative estimate of drug-likeness (QED) is 0.115. The topological polar surface area (TPSA) is 113 Å². The standard InChI is InChI=1S/C34H30F4N6O4/c1-43(17-31(46)41-25-11-7-10-22(12-25)21-8-5-4-6-9-21)28-16-24(34(36,37)38)15-26(32(28)44(2)20-45)23-13-27(35)33(29(14-23)47-3)48-18-30-39-19-40-42-30/h4-16,19-20H,17-18H2,1-3H3,(H,41,46)(H,39,40,42). The average Bonchev–Trinajstić information content (AvgIpc) is 3.60. The number of amides is 2. The molecule has 48 heavy (non-hydrogen) atoms. The molecule has 0 aliphatic rings. The smallest absolute Gasteiger partial charge is 0.416 e. The second-order valence-corrected chi connectivity index (χ2v) is 10.7. The van der Waals surface area contributed by atoms with Crippen molar-refractivity contribution in [3.05, 3.63) is 102 Å². The molecule has 10 nitrogen and oxygen atoms in total. The van der Waals surface area contributed by atoms with E-state index in [0.29, 0.717) is 17.9 Å². The fourth-order valence-corrected chi connectivity index (χ4v) is 5.08. The molecule has 4 aromatic carbocycles. The molecule has 1 aromatic heterocycles. The number of halogens is 4. The van der Waals surface area contributed by atoms with Gasteiger partial charge in [0.05, 0.1) is 30.6 Å². The lowest BCUT2D eigenvalue weighted by molar-refractivity contribution is -0.137. The third kappa shape index (κ3) is 7.54. The molecule has 0 aliphatic carbocycles. The van der Waals surface area contributed by atoms with Crippen LogP contribution in [-0.2, 0) is 22.4 Å². The molecule has 5 aromatic rings. The van der Waals surface area contributed by atoms with Gasteiger partial charge in [-0.3, -0.25) is 9.59 Å². The lowest BCUT2D eigenvalue weighted by Gasteiger charge is -2.28. The number of H-pyrrole nitrogens is 1. The Balaban J connectivity index is 1.51. The van der Waals surface area contributed by atoms with Crippen molar-refractivity contribution in [1.82, 2.24) is 15.2 Å². The van der Waals surface area contributed by atoms with Crippen LogP contribution in [0.3, 0.4) is 0 Å². The zero-order valence-electron chi connectivity index (χ0n) is 26.0. The van der Waals surface area contributed by atoms with Crippen LogP contribution in [0.4, 0.5) is 34.6 Å². The molecule has 0 unspecified atom stereocenters. The number of rotatable bonds is 12. The monoisotopic (exact) mass is 662 g/mol. The normalized spacial score (nSPS) is 11.1. The Morgan fingerprint density at radius 1 is 0.979 bits per heavy atom. The molecular weight excluding hydrogens is 632 g/mol. The number of benzene rings is 4. The van der Waals surface area contributed by atoms with E-state index in [9.17, 15) is 22.8 Å². The van der Waals surface area contributed by atoms with E-state index in [1.165, 1.54) is 38.5 Å². The van der Waals surface area contributed by atoms with E-state index in [0.717, 1.165) is 34.2 Å². The molecule has 0 fully saturated rings. The molecular formula is C34H30F4N6O4. The van der Waals surface area contributed by atoms with Crippen LogP contribution in [0.1, 0.15) is 11.4 Å². The van der Waals surface area contributed by atoms with Gasteiger partial charge < -0.3 is 29.6 Å². The number of ether oxygens (including phenoxy) is 2. The van der Waals surface area contributed by atoms with Gasteiger partial charge in [0.2, 0.25) is 12.3 Å². The van der Waals surface area contributed by atoms with Crippen molar-refractivity contribution < 1.29 is 36.6 Å². The van der Waals surface area contributed by atoms with Gasteiger partial charge in [0.1, 0.15) is 12.9 Å². The van der Waals surface area contributed by atoms with E-state index in [1.807, 2.05) is 36.4 Å². The van der Waals surface area contributed by atoms with Crippen molar-refractivity contribution in [3.63, 3.8) is 0 Å². The van der Waals surface area contributed by atoms with Crippen molar-refractivity contribution in [2.24, 2.45) is 0 Å². The van der Waals surface area contributed by atoms with Gasteiger partial charge in [0, 0.05) is 25.3 Å². The van der Waals surface area contributed by atoms with E-state index in [1.54, 1.807) is 18.2 Å². The maximum absolute atomic E-state index is 15.5. The first kappa shape index (κ1) is 33.4. The van der Waals surface area contributed by atoms with Crippen molar-refractivity contribution in [1.29, 1.82) is 0 Å². The van der Waals surface area contributed by atoms with Gasteiger partial charge >= 0.3 is 6.18 Å². The van der Waals surface area contributed by atoms with Crippen LogP contribution in [0.25, 0.3) is 22.3 Å². The Labute approximate surface area is 272 Å². The number of nitrogens with one attached hydrogen (secondary N) is 2. The van der Waals surface area contributed by atoms with Gasteiger partial charge in [-0.15, -0.1) is 10.2 Å². The lowest BCUT2D eigenvalue weighted by Crippen LogP contribution is -2.32. The number of anilines is 3. The van der Waals surface area contributed by atoms with Crippen LogP contribution in [-0.4, -0.2) is 55.2 Å². The van der Waals surface area contributed by atoms with E-state index in [4.69, 9.17) is 9.47 Å². The van der Waals surface area contributed by atoms with Crippen LogP contribution in [0, 0.1) is 5.82 Å². The lowest BCUT2D eigenvalue weighted by atomic mass is 9.97. The Morgan fingerprint density at radius 2 is 1.73 bits per heavy atom. The summed E-state index contributed by atoms with van der Waals surface area (Å²) in [6, 6.07) is 20.6. The number of hydrogen-bond donors (Lipinski definition) is 2. The molecule has 0 bridgehead atoms. The number of carbonyl (C=O) groups is 2. The van der Waals surface area contributed by atoms with Gasteiger partial charge in [-0.25, -0.2) is 4.39 Å². The van der Waals surface area contributed by atoms with Crippen molar-refractivity contribution in [3.8, 4) is 33.8 Å². The van der Waals surface area contributed by atoms with Gasteiger partial charge in [0.25, 0.3) is 0 Å².